The van der Waals surface area contributed by atoms with Gasteiger partial charge in [0.2, 0.25) is 11.8 Å². The number of alkyl halides is 3. The minimum absolute atomic E-state index is 0.147. The van der Waals surface area contributed by atoms with Crippen molar-refractivity contribution in [2.75, 3.05) is 14.2 Å². The fourth-order valence-corrected chi connectivity index (χ4v) is 6.31. The molecule has 4 heterocycles. The van der Waals surface area contributed by atoms with Crippen LogP contribution in [0.2, 0.25) is 0 Å². The number of methoxy groups -OCH3 is 2. The van der Waals surface area contributed by atoms with E-state index >= 15 is 0 Å². The number of carbonyl (C=O) groups is 2. The molecule has 3 fully saturated rings. The lowest BCUT2D eigenvalue weighted by Crippen LogP contribution is -2.54. The summed E-state index contributed by atoms with van der Waals surface area (Å²) in [5, 5.41) is 9.78. The van der Waals surface area contributed by atoms with E-state index in [2.05, 4.69) is 20.5 Å². The van der Waals surface area contributed by atoms with Crippen LogP contribution in [0.5, 0.6) is 5.88 Å². The lowest BCUT2D eigenvalue weighted by atomic mass is 9.81. The molecule has 9 nitrogen and oxygen atoms in total. The maximum atomic E-state index is 14.3. The van der Waals surface area contributed by atoms with Crippen LogP contribution in [0.1, 0.15) is 61.9 Å². The fraction of sp³-hybridized carbons (Fsp3) is 0.615. The second-order valence-electron chi connectivity index (χ2n) is 10.6. The predicted octanol–water partition coefficient (Wildman–Crippen LogP) is 4.01. The molecule has 212 valence electrons. The van der Waals surface area contributed by atoms with E-state index in [1.54, 1.807) is 4.90 Å². The number of hydrogen-bond donors (Lipinski definition) is 2. The lowest BCUT2D eigenvalue weighted by molar-refractivity contribution is -0.280. The SMILES string of the molecule is COc1cc(-c2cc(C(=O)N3[C@@H]4CC[C@H]3C[C@H](C(=O)N[C@H]3CC[C@](OC)(C(F)(F)F)CC3)C4)n[nH]2)c(F)cn1. The molecule has 2 saturated heterocycles. The van der Waals surface area contributed by atoms with Crippen LogP contribution in [-0.4, -0.2) is 76.0 Å². The molecule has 1 saturated carbocycles. The van der Waals surface area contributed by atoms with Gasteiger partial charge in [-0.15, -0.1) is 0 Å². The number of ether oxygens (including phenoxy) is 2. The second kappa shape index (κ2) is 10.4. The van der Waals surface area contributed by atoms with Crippen LogP contribution in [0.25, 0.3) is 11.3 Å². The highest BCUT2D eigenvalue weighted by molar-refractivity contribution is 5.94. The van der Waals surface area contributed by atoms with Crippen LogP contribution in [0, 0.1) is 11.7 Å². The largest absolute Gasteiger partial charge is 0.481 e. The minimum atomic E-state index is -4.45. The van der Waals surface area contributed by atoms with Crippen molar-refractivity contribution < 1.29 is 36.6 Å². The standard InChI is InChI=1S/C26H31F4N5O4/c1-38-22-11-18(19(27)13-31-22)20-12-21(34-33-20)24(37)35-16-3-4-17(35)10-14(9-16)23(36)32-15-5-7-25(39-2,8-6-15)26(28,29)30/h11-17H,3-10H2,1-2H3,(H,32,36)(H,33,34)/t14-,15-,16-,17+,25+. The van der Waals surface area contributed by atoms with Crippen LogP contribution in [-0.2, 0) is 9.53 Å². The normalized spacial score (nSPS) is 28.8. The van der Waals surface area contributed by atoms with Gasteiger partial charge in [0.25, 0.3) is 5.91 Å². The van der Waals surface area contributed by atoms with Gasteiger partial charge < -0.3 is 19.7 Å². The summed E-state index contributed by atoms with van der Waals surface area (Å²) in [4.78, 5) is 32.0. The average molecular weight is 554 g/mol. The number of hydrogen-bond acceptors (Lipinski definition) is 6. The Morgan fingerprint density at radius 3 is 2.36 bits per heavy atom. The third-order valence-electron chi connectivity index (χ3n) is 8.51. The van der Waals surface area contributed by atoms with Crippen molar-refractivity contribution in [1.82, 2.24) is 25.4 Å². The highest BCUT2D eigenvalue weighted by Crippen LogP contribution is 2.44. The monoisotopic (exact) mass is 553 g/mol. The molecule has 0 unspecified atom stereocenters. The van der Waals surface area contributed by atoms with Crippen molar-refractivity contribution in [1.29, 1.82) is 0 Å². The van der Waals surface area contributed by atoms with Gasteiger partial charge >= 0.3 is 6.18 Å². The molecule has 2 amide bonds. The molecular formula is C26H31F4N5O4. The Morgan fingerprint density at radius 1 is 1.10 bits per heavy atom. The number of aromatic nitrogens is 3. The molecule has 5 rings (SSSR count). The average Bonchev–Trinajstić information content (AvgIpc) is 3.50. The van der Waals surface area contributed by atoms with Gasteiger partial charge in [-0.25, -0.2) is 9.37 Å². The molecule has 39 heavy (non-hydrogen) atoms. The van der Waals surface area contributed by atoms with E-state index in [9.17, 15) is 27.2 Å². The van der Waals surface area contributed by atoms with Gasteiger partial charge in [0, 0.05) is 42.8 Å². The number of H-pyrrole nitrogens is 1. The van der Waals surface area contributed by atoms with E-state index in [1.165, 1.54) is 19.2 Å². The number of amides is 2. The van der Waals surface area contributed by atoms with Crippen molar-refractivity contribution >= 4 is 11.8 Å². The van der Waals surface area contributed by atoms with Gasteiger partial charge in [0.15, 0.2) is 17.1 Å². The van der Waals surface area contributed by atoms with Gasteiger partial charge in [-0.2, -0.15) is 18.3 Å². The number of pyridine rings is 1. The fourth-order valence-electron chi connectivity index (χ4n) is 6.31. The molecule has 0 aromatic carbocycles. The zero-order chi connectivity index (χ0) is 27.9. The summed E-state index contributed by atoms with van der Waals surface area (Å²) >= 11 is 0. The van der Waals surface area contributed by atoms with Crippen molar-refractivity contribution in [3.8, 4) is 17.1 Å². The topological polar surface area (TPSA) is 109 Å². The molecule has 3 atom stereocenters. The number of aromatic amines is 1. The summed E-state index contributed by atoms with van der Waals surface area (Å²) in [6, 6.07) is 2.26. The molecule has 2 N–H and O–H groups in total. The molecule has 2 bridgehead atoms. The number of carbonyl (C=O) groups excluding carboxylic acids is 2. The molecular weight excluding hydrogens is 522 g/mol. The number of fused-ring (bicyclic) bond motifs is 2. The lowest BCUT2D eigenvalue weighted by Gasteiger charge is -2.41. The molecule has 1 aliphatic carbocycles. The number of piperidine rings is 1. The Kier molecular flexibility index (Phi) is 7.29. The smallest absolute Gasteiger partial charge is 0.417 e. The van der Waals surface area contributed by atoms with Crippen LogP contribution < -0.4 is 10.1 Å². The molecule has 0 radical (unpaired) electrons. The first-order chi connectivity index (χ1) is 18.5. The number of nitrogens with one attached hydrogen (secondary N) is 2. The van der Waals surface area contributed by atoms with Crippen molar-refractivity contribution in [2.45, 2.75) is 81.3 Å². The van der Waals surface area contributed by atoms with Gasteiger partial charge in [0.05, 0.1) is 19.0 Å². The molecule has 0 spiro atoms. The van der Waals surface area contributed by atoms with E-state index in [1.807, 2.05) is 0 Å². The summed E-state index contributed by atoms with van der Waals surface area (Å²) in [5.74, 6) is -1.16. The molecule has 13 heteroatoms. The zero-order valence-electron chi connectivity index (χ0n) is 21.7. The Morgan fingerprint density at radius 2 is 1.77 bits per heavy atom. The summed E-state index contributed by atoms with van der Waals surface area (Å²) < 4.78 is 64.6. The van der Waals surface area contributed by atoms with Crippen LogP contribution >= 0.6 is 0 Å². The van der Waals surface area contributed by atoms with Gasteiger partial charge in [-0.1, -0.05) is 0 Å². The Labute approximate surface area is 222 Å². The molecule has 2 aromatic rings. The first-order valence-corrected chi connectivity index (χ1v) is 13.1. The third kappa shape index (κ3) is 5.08. The van der Waals surface area contributed by atoms with E-state index in [0.717, 1.165) is 26.1 Å². The summed E-state index contributed by atoms with van der Waals surface area (Å²) in [7, 11) is 2.50. The Balaban J connectivity index is 1.20. The number of rotatable bonds is 6. The quantitative estimate of drug-likeness (QED) is 0.524. The maximum Gasteiger partial charge on any atom is 0.417 e. The van der Waals surface area contributed by atoms with E-state index in [0.29, 0.717) is 18.5 Å². The van der Waals surface area contributed by atoms with Crippen LogP contribution in [0.15, 0.2) is 18.3 Å². The summed E-state index contributed by atoms with van der Waals surface area (Å²) in [6.07, 6.45) is -0.997. The first kappa shape index (κ1) is 27.4. The maximum absolute atomic E-state index is 14.3. The third-order valence-corrected chi connectivity index (χ3v) is 8.51. The van der Waals surface area contributed by atoms with E-state index < -0.39 is 17.6 Å². The van der Waals surface area contributed by atoms with Crippen molar-refractivity contribution in [3.05, 3.63) is 29.8 Å². The van der Waals surface area contributed by atoms with Gasteiger partial charge in [-0.3, -0.25) is 14.7 Å². The summed E-state index contributed by atoms with van der Waals surface area (Å²) in [6.45, 7) is 0. The highest BCUT2D eigenvalue weighted by Gasteiger charge is 2.56. The van der Waals surface area contributed by atoms with Crippen LogP contribution in [0.3, 0.4) is 0 Å². The van der Waals surface area contributed by atoms with Gasteiger partial charge in [0.1, 0.15) is 0 Å². The Hall–Kier alpha value is -3.22. The summed E-state index contributed by atoms with van der Waals surface area (Å²) in [5.41, 5.74) is -1.52. The molecule has 2 aliphatic heterocycles. The first-order valence-electron chi connectivity index (χ1n) is 13.1. The molecule has 2 aromatic heterocycles. The zero-order valence-corrected chi connectivity index (χ0v) is 21.7. The van der Waals surface area contributed by atoms with Crippen molar-refractivity contribution in [2.24, 2.45) is 5.92 Å². The Bertz CT molecular complexity index is 1210. The predicted molar refractivity (Wildman–Crippen MR) is 130 cm³/mol. The van der Waals surface area contributed by atoms with Crippen molar-refractivity contribution in [3.63, 3.8) is 0 Å². The van der Waals surface area contributed by atoms with E-state index in [4.69, 9.17) is 9.47 Å². The minimum Gasteiger partial charge on any atom is -0.481 e. The second-order valence-corrected chi connectivity index (χ2v) is 10.6. The molecule has 3 aliphatic rings. The van der Waals surface area contributed by atoms with Gasteiger partial charge in [-0.05, 0) is 57.4 Å². The number of halogens is 4. The van der Waals surface area contributed by atoms with E-state index in [-0.39, 0.29) is 78.7 Å². The number of nitrogens with zero attached hydrogens (tertiary/aromatic N) is 3. The highest BCUT2D eigenvalue weighted by atomic mass is 19.4. The van der Waals surface area contributed by atoms with Crippen LogP contribution in [0.4, 0.5) is 17.6 Å².